The minimum atomic E-state index is -0.00559. The number of benzene rings is 1. The molecule has 1 atom stereocenters. The molecular formula is C19H23N3O2. The van der Waals surface area contributed by atoms with Gasteiger partial charge in [-0.15, -0.1) is 0 Å². The maximum atomic E-state index is 12.3. The van der Waals surface area contributed by atoms with Gasteiger partial charge in [-0.3, -0.25) is 4.98 Å². The first-order valence-corrected chi connectivity index (χ1v) is 8.44. The summed E-state index contributed by atoms with van der Waals surface area (Å²) in [6, 6.07) is 13.9. The second-order valence-corrected chi connectivity index (χ2v) is 5.98. The lowest BCUT2D eigenvalue weighted by atomic mass is 10.1. The van der Waals surface area contributed by atoms with Crippen molar-refractivity contribution in [1.82, 2.24) is 15.2 Å². The van der Waals surface area contributed by atoms with Crippen LogP contribution in [-0.2, 0) is 6.42 Å². The molecule has 2 aromatic rings. The number of likely N-dealkylation sites (tertiary alicyclic amines) is 1. The Morgan fingerprint density at radius 2 is 2.00 bits per heavy atom. The summed E-state index contributed by atoms with van der Waals surface area (Å²) in [7, 11) is 0. The molecule has 1 unspecified atom stereocenters. The van der Waals surface area contributed by atoms with Gasteiger partial charge in [-0.1, -0.05) is 30.3 Å². The van der Waals surface area contributed by atoms with Gasteiger partial charge in [0, 0.05) is 25.5 Å². The molecule has 1 N–H and O–H groups in total. The van der Waals surface area contributed by atoms with Crippen LogP contribution < -0.4 is 10.1 Å². The fourth-order valence-electron chi connectivity index (χ4n) is 2.90. The summed E-state index contributed by atoms with van der Waals surface area (Å²) in [5, 5.41) is 3.01. The molecule has 2 amide bonds. The Morgan fingerprint density at radius 3 is 2.79 bits per heavy atom. The van der Waals surface area contributed by atoms with E-state index in [0.717, 1.165) is 31.6 Å². The number of piperidine rings is 1. The number of nitrogens with one attached hydrogen (secondary N) is 1. The van der Waals surface area contributed by atoms with Gasteiger partial charge in [0.2, 0.25) is 0 Å². The van der Waals surface area contributed by atoms with Gasteiger partial charge >= 0.3 is 6.03 Å². The van der Waals surface area contributed by atoms with Gasteiger partial charge < -0.3 is 15.0 Å². The second kappa shape index (κ2) is 8.34. The molecule has 3 rings (SSSR count). The first kappa shape index (κ1) is 16.3. The van der Waals surface area contributed by atoms with E-state index in [9.17, 15) is 4.79 Å². The molecule has 2 heterocycles. The smallest absolute Gasteiger partial charge is 0.317 e. The minimum Gasteiger partial charge on any atom is -0.488 e. The number of hydrogen-bond acceptors (Lipinski definition) is 3. The van der Waals surface area contributed by atoms with Gasteiger partial charge in [-0.05, 0) is 37.0 Å². The van der Waals surface area contributed by atoms with Gasteiger partial charge in [0.05, 0.1) is 6.54 Å². The number of carbonyl (C=O) groups excluding carboxylic acids is 1. The summed E-state index contributed by atoms with van der Waals surface area (Å²) in [5.74, 6) is 0.807. The number of nitrogens with zero attached hydrogens (tertiary/aromatic N) is 2. The molecule has 0 radical (unpaired) electrons. The number of hydrogen-bond donors (Lipinski definition) is 1. The van der Waals surface area contributed by atoms with Crippen LogP contribution in [0.2, 0.25) is 0 Å². The van der Waals surface area contributed by atoms with Gasteiger partial charge in [0.1, 0.15) is 11.9 Å². The van der Waals surface area contributed by atoms with Crippen molar-refractivity contribution in [1.29, 1.82) is 0 Å². The van der Waals surface area contributed by atoms with Crippen LogP contribution in [0.4, 0.5) is 4.79 Å². The number of ether oxygens (including phenoxy) is 1. The van der Waals surface area contributed by atoms with Crippen LogP contribution in [0.15, 0.2) is 54.9 Å². The molecule has 1 saturated heterocycles. The normalized spacial score (nSPS) is 17.3. The van der Waals surface area contributed by atoms with E-state index in [1.54, 1.807) is 12.4 Å². The SMILES string of the molecule is O=C(NCCc1ccccc1)N1CCCC(Oc2ccncc2)C1. The first-order chi connectivity index (χ1) is 11.8. The monoisotopic (exact) mass is 325 g/mol. The third-order valence-corrected chi connectivity index (χ3v) is 4.15. The number of amides is 2. The summed E-state index contributed by atoms with van der Waals surface area (Å²) >= 11 is 0. The zero-order chi connectivity index (χ0) is 16.6. The van der Waals surface area contributed by atoms with Crippen LogP contribution in [0.3, 0.4) is 0 Å². The molecule has 1 fully saturated rings. The first-order valence-electron chi connectivity index (χ1n) is 8.44. The molecule has 0 saturated carbocycles. The van der Waals surface area contributed by atoms with Crippen molar-refractivity contribution in [2.45, 2.75) is 25.4 Å². The fraction of sp³-hybridized carbons (Fsp3) is 0.368. The van der Waals surface area contributed by atoms with Crippen LogP contribution in [0.5, 0.6) is 5.75 Å². The van der Waals surface area contributed by atoms with Crippen molar-refractivity contribution in [2.75, 3.05) is 19.6 Å². The number of urea groups is 1. The summed E-state index contributed by atoms with van der Waals surface area (Å²) in [6.07, 6.45) is 6.24. The molecular weight excluding hydrogens is 302 g/mol. The van der Waals surface area contributed by atoms with Crippen LogP contribution >= 0.6 is 0 Å². The van der Waals surface area contributed by atoms with Crippen LogP contribution in [0.1, 0.15) is 18.4 Å². The highest BCUT2D eigenvalue weighted by molar-refractivity contribution is 5.74. The van der Waals surface area contributed by atoms with E-state index in [2.05, 4.69) is 22.4 Å². The van der Waals surface area contributed by atoms with E-state index in [-0.39, 0.29) is 12.1 Å². The second-order valence-electron chi connectivity index (χ2n) is 5.98. The highest BCUT2D eigenvalue weighted by atomic mass is 16.5. The van der Waals surface area contributed by atoms with E-state index >= 15 is 0 Å². The van der Waals surface area contributed by atoms with E-state index < -0.39 is 0 Å². The lowest BCUT2D eigenvalue weighted by Gasteiger charge is -2.32. The quantitative estimate of drug-likeness (QED) is 0.920. The van der Waals surface area contributed by atoms with E-state index in [0.29, 0.717) is 13.1 Å². The van der Waals surface area contributed by atoms with Crippen molar-refractivity contribution >= 4 is 6.03 Å². The largest absolute Gasteiger partial charge is 0.488 e. The molecule has 0 bridgehead atoms. The average molecular weight is 325 g/mol. The molecule has 1 aromatic carbocycles. The minimum absolute atomic E-state index is 0.00559. The molecule has 126 valence electrons. The predicted octanol–water partition coefficient (Wildman–Crippen LogP) is 2.88. The topological polar surface area (TPSA) is 54.5 Å². The molecule has 1 aliphatic rings. The summed E-state index contributed by atoms with van der Waals surface area (Å²) in [6.45, 7) is 2.06. The lowest BCUT2D eigenvalue weighted by molar-refractivity contribution is 0.101. The number of carbonyl (C=O) groups is 1. The van der Waals surface area contributed by atoms with E-state index in [4.69, 9.17) is 4.74 Å². The summed E-state index contributed by atoms with van der Waals surface area (Å²) in [5.41, 5.74) is 1.23. The average Bonchev–Trinajstić information content (AvgIpc) is 2.64. The molecule has 0 aliphatic carbocycles. The van der Waals surface area contributed by atoms with E-state index in [1.165, 1.54) is 5.56 Å². The van der Waals surface area contributed by atoms with Gasteiger partial charge in [-0.2, -0.15) is 0 Å². The fourth-order valence-corrected chi connectivity index (χ4v) is 2.90. The maximum Gasteiger partial charge on any atom is 0.317 e. The van der Waals surface area contributed by atoms with Gasteiger partial charge in [0.15, 0.2) is 0 Å². The van der Waals surface area contributed by atoms with Crippen molar-refractivity contribution in [3.8, 4) is 5.75 Å². The standard InChI is InChI=1S/C19H23N3O2/c23-19(21-13-8-16-5-2-1-3-6-16)22-14-4-7-18(15-22)24-17-9-11-20-12-10-17/h1-3,5-6,9-12,18H,4,7-8,13-15H2,(H,21,23). The molecule has 1 aromatic heterocycles. The Hall–Kier alpha value is -2.56. The predicted molar refractivity (Wildman–Crippen MR) is 93.0 cm³/mol. The van der Waals surface area contributed by atoms with Crippen molar-refractivity contribution in [3.63, 3.8) is 0 Å². The highest BCUT2D eigenvalue weighted by Crippen LogP contribution is 2.17. The molecule has 5 heteroatoms. The summed E-state index contributed by atoms with van der Waals surface area (Å²) in [4.78, 5) is 18.2. The number of rotatable bonds is 5. The third-order valence-electron chi connectivity index (χ3n) is 4.15. The van der Waals surface area contributed by atoms with Crippen LogP contribution in [0.25, 0.3) is 0 Å². The Bertz CT molecular complexity index is 634. The number of aromatic nitrogens is 1. The maximum absolute atomic E-state index is 12.3. The van der Waals surface area contributed by atoms with E-state index in [1.807, 2.05) is 35.2 Å². The molecule has 24 heavy (non-hydrogen) atoms. The zero-order valence-electron chi connectivity index (χ0n) is 13.7. The molecule has 5 nitrogen and oxygen atoms in total. The molecule has 0 spiro atoms. The van der Waals surface area contributed by atoms with Crippen LogP contribution in [-0.4, -0.2) is 41.7 Å². The van der Waals surface area contributed by atoms with Crippen LogP contribution in [0, 0.1) is 0 Å². The summed E-state index contributed by atoms with van der Waals surface area (Å²) < 4.78 is 5.95. The zero-order valence-corrected chi connectivity index (χ0v) is 13.7. The van der Waals surface area contributed by atoms with Crippen molar-refractivity contribution in [3.05, 3.63) is 60.4 Å². The number of pyridine rings is 1. The van der Waals surface area contributed by atoms with Gasteiger partial charge in [-0.25, -0.2) is 4.79 Å². The Kier molecular flexibility index (Phi) is 5.66. The Labute approximate surface area is 142 Å². The Morgan fingerprint density at radius 1 is 1.21 bits per heavy atom. The van der Waals surface area contributed by atoms with Crippen molar-refractivity contribution < 1.29 is 9.53 Å². The highest BCUT2D eigenvalue weighted by Gasteiger charge is 2.24. The van der Waals surface area contributed by atoms with Crippen molar-refractivity contribution in [2.24, 2.45) is 0 Å². The lowest BCUT2D eigenvalue weighted by Crippen LogP contribution is -2.48. The Balaban J connectivity index is 1.44. The third kappa shape index (κ3) is 4.72. The van der Waals surface area contributed by atoms with Gasteiger partial charge in [0.25, 0.3) is 0 Å². The molecule has 1 aliphatic heterocycles.